The number of nitrogens with zero attached hydrogens (tertiary/aromatic N) is 3. The van der Waals surface area contributed by atoms with Crippen LogP contribution in [0, 0.1) is 0 Å². The number of amides is 1. The van der Waals surface area contributed by atoms with Crippen molar-refractivity contribution in [3.8, 4) is 0 Å². The van der Waals surface area contributed by atoms with Crippen molar-refractivity contribution in [1.29, 1.82) is 0 Å². The lowest BCUT2D eigenvalue weighted by Crippen LogP contribution is -2.25. The molecule has 0 N–H and O–H groups in total. The van der Waals surface area contributed by atoms with Crippen LogP contribution in [-0.4, -0.2) is 67.6 Å². The van der Waals surface area contributed by atoms with Crippen molar-refractivity contribution in [2.75, 3.05) is 41.4 Å². The number of hydroxylamine groups is 2. The van der Waals surface area contributed by atoms with Gasteiger partial charge in [-0.15, -0.1) is 0 Å². The van der Waals surface area contributed by atoms with Gasteiger partial charge in [-0.25, -0.2) is 9.86 Å². The number of pyridine rings is 1. The summed E-state index contributed by atoms with van der Waals surface area (Å²) in [5, 5.41) is 1.90. The summed E-state index contributed by atoms with van der Waals surface area (Å²) in [6.45, 7) is 0.962. The minimum atomic E-state index is -0.372. The summed E-state index contributed by atoms with van der Waals surface area (Å²) < 4.78 is 7.35. The molecule has 3 aromatic rings. The van der Waals surface area contributed by atoms with E-state index < -0.39 is 0 Å². The lowest BCUT2D eigenvalue weighted by Gasteiger charge is -2.13. The highest BCUT2D eigenvalue weighted by Gasteiger charge is 2.21. The van der Waals surface area contributed by atoms with Gasteiger partial charge in [0.05, 0.1) is 23.7 Å². The second kappa shape index (κ2) is 7.77. The SMILES string of the molecule is CON(C)C(=O)c1ccc2c(C(=O)OCCN(C)C)c3ccccn3c2c1. The Bertz CT molecular complexity index is 993. The van der Waals surface area contributed by atoms with E-state index in [2.05, 4.69) is 0 Å². The molecule has 142 valence electrons. The van der Waals surface area contributed by atoms with Crippen LogP contribution in [0.5, 0.6) is 0 Å². The van der Waals surface area contributed by atoms with Crippen molar-refractivity contribution >= 4 is 28.3 Å². The Hall–Kier alpha value is -2.90. The quantitative estimate of drug-likeness (QED) is 0.493. The maximum Gasteiger partial charge on any atom is 0.341 e. The molecule has 0 unspecified atom stereocenters. The Kier molecular flexibility index (Phi) is 5.43. The van der Waals surface area contributed by atoms with Crippen molar-refractivity contribution in [2.45, 2.75) is 0 Å². The molecule has 3 rings (SSSR count). The molecule has 0 fully saturated rings. The number of fused-ring (bicyclic) bond motifs is 3. The largest absolute Gasteiger partial charge is 0.461 e. The molecule has 0 saturated carbocycles. The standard InChI is InChI=1S/C20H23N3O4/c1-21(2)11-12-27-20(25)18-15-9-8-14(19(24)22(3)26-4)13-17(15)23-10-6-5-7-16(18)23/h5-10,13H,11-12H2,1-4H3. The molecule has 27 heavy (non-hydrogen) atoms. The Labute approximate surface area is 157 Å². The summed E-state index contributed by atoms with van der Waals surface area (Å²) in [7, 11) is 6.83. The van der Waals surface area contributed by atoms with Gasteiger partial charge in [0.2, 0.25) is 0 Å². The summed E-state index contributed by atoms with van der Waals surface area (Å²) in [6.07, 6.45) is 1.86. The maximum atomic E-state index is 12.7. The molecule has 1 amide bonds. The fourth-order valence-corrected chi connectivity index (χ4v) is 2.94. The number of likely N-dealkylation sites (N-methyl/N-ethyl adjacent to an activating group) is 1. The van der Waals surface area contributed by atoms with E-state index >= 15 is 0 Å². The first-order chi connectivity index (χ1) is 12.9. The first kappa shape index (κ1) is 18.9. The third-order valence-electron chi connectivity index (χ3n) is 4.43. The summed E-state index contributed by atoms with van der Waals surface area (Å²) in [5.74, 6) is -0.635. The van der Waals surface area contributed by atoms with Crippen LogP contribution in [-0.2, 0) is 9.57 Å². The minimum absolute atomic E-state index is 0.264. The fraction of sp³-hybridized carbons (Fsp3) is 0.300. The van der Waals surface area contributed by atoms with Gasteiger partial charge in [-0.05, 0) is 38.4 Å². The zero-order chi connectivity index (χ0) is 19.6. The Balaban J connectivity index is 2.08. The number of benzene rings is 1. The zero-order valence-electron chi connectivity index (χ0n) is 15.9. The maximum absolute atomic E-state index is 12.7. The van der Waals surface area contributed by atoms with E-state index in [0.717, 1.165) is 21.5 Å². The average molecular weight is 369 g/mol. The Morgan fingerprint density at radius 3 is 2.56 bits per heavy atom. The molecule has 2 heterocycles. The lowest BCUT2D eigenvalue weighted by atomic mass is 10.1. The smallest absolute Gasteiger partial charge is 0.341 e. The number of esters is 1. The molecule has 0 aliphatic rings. The van der Waals surface area contributed by atoms with E-state index in [0.29, 0.717) is 24.3 Å². The van der Waals surface area contributed by atoms with E-state index in [-0.39, 0.29) is 11.9 Å². The molecule has 0 atom stereocenters. The fourth-order valence-electron chi connectivity index (χ4n) is 2.94. The van der Waals surface area contributed by atoms with Crippen molar-refractivity contribution in [2.24, 2.45) is 0 Å². The van der Waals surface area contributed by atoms with Gasteiger partial charge >= 0.3 is 5.97 Å². The first-order valence-electron chi connectivity index (χ1n) is 8.61. The number of rotatable bonds is 6. The number of ether oxygens (including phenoxy) is 1. The highest BCUT2D eigenvalue weighted by Crippen LogP contribution is 2.28. The molecular formula is C20H23N3O4. The normalized spacial score (nSPS) is 11.3. The third kappa shape index (κ3) is 3.65. The number of carbonyl (C=O) groups is 2. The first-order valence-corrected chi connectivity index (χ1v) is 8.61. The lowest BCUT2D eigenvalue weighted by molar-refractivity contribution is -0.0756. The topological polar surface area (TPSA) is 63.5 Å². The molecule has 2 aromatic heterocycles. The molecule has 0 bridgehead atoms. The van der Waals surface area contributed by atoms with Crippen molar-refractivity contribution in [3.63, 3.8) is 0 Å². The van der Waals surface area contributed by atoms with Gasteiger partial charge in [0.25, 0.3) is 5.91 Å². The molecule has 7 nitrogen and oxygen atoms in total. The summed E-state index contributed by atoms with van der Waals surface area (Å²) in [5.41, 5.74) is 2.48. The van der Waals surface area contributed by atoms with Gasteiger partial charge in [0.1, 0.15) is 6.61 Å². The second-order valence-electron chi connectivity index (χ2n) is 6.49. The predicted octanol–water partition coefficient (Wildman–Crippen LogP) is 2.44. The van der Waals surface area contributed by atoms with Crippen LogP contribution >= 0.6 is 0 Å². The van der Waals surface area contributed by atoms with Crippen LogP contribution in [0.2, 0.25) is 0 Å². The molecule has 0 spiro atoms. The molecule has 0 saturated heterocycles. The number of hydrogen-bond donors (Lipinski definition) is 0. The third-order valence-corrected chi connectivity index (χ3v) is 4.43. The van der Waals surface area contributed by atoms with Gasteiger partial charge in [-0.3, -0.25) is 9.63 Å². The van der Waals surface area contributed by atoms with E-state index in [4.69, 9.17) is 9.57 Å². The molecule has 0 aliphatic carbocycles. The van der Waals surface area contributed by atoms with E-state index in [1.165, 1.54) is 7.11 Å². The monoisotopic (exact) mass is 369 g/mol. The Morgan fingerprint density at radius 2 is 1.85 bits per heavy atom. The van der Waals surface area contributed by atoms with E-state index in [9.17, 15) is 9.59 Å². The van der Waals surface area contributed by atoms with Crippen LogP contribution < -0.4 is 0 Å². The van der Waals surface area contributed by atoms with Crippen LogP contribution in [0.4, 0.5) is 0 Å². The van der Waals surface area contributed by atoms with Gasteiger partial charge in [-0.1, -0.05) is 12.1 Å². The number of carbonyl (C=O) groups excluding carboxylic acids is 2. The summed E-state index contributed by atoms with van der Waals surface area (Å²) >= 11 is 0. The van der Waals surface area contributed by atoms with Crippen molar-refractivity contribution < 1.29 is 19.2 Å². The second-order valence-corrected chi connectivity index (χ2v) is 6.49. The molecule has 7 heteroatoms. The van der Waals surface area contributed by atoms with Gasteiger partial charge in [-0.2, -0.15) is 0 Å². The molecule has 0 radical (unpaired) electrons. The number of aromatic nitrogens is 1. The van der Waals surface area contributed by atoms with Crippen molar-refractivity contribution in [3.05, 3.63) is 53.7 Å². The predicted molar refractivity (Wildman–Crippen MR) is 103 cm³/mol. The minimum Gasteiger partial charge on any atom is -0.461 e. The van der Waals surface area contributed by atoms with Crippen molar-refractivity contribution in [1.82, 2.24) is 14.4 Å². The average Bonchev–Trinajstić information content (AvgIpc) is 3.00. The highest BCUT2D eigenvalue weighted by atomic mass is 16.7. The summed E-state index contributed by atoms with van der Waals surface area (Å²) in [4.78, 5) is 32.1. The van der Waals surface area contributed by atoms with Gasteiger partial charge in [0.15, 0.2) is 0 Å². The van der Waals surface area contributed by atoms with E-state index in [1.807, 2.05) is 47.8 Å². The van der Waals surface area contributed by atoms with E-state index in [1.54, 1.807) is 25.2 Å². The van der Waals surface area contributed by atoms with Crippen LogP contribution in [0.15, 0.2) is 42.6 Å². The highest BCUT2D eigenvalue weighted by molar-refractivity contribution is 6.12. The zero-order valence-corrected chi connectivity index (χ0v) is 15.9. The molecule has 0 aliphatic heterocycles. The van der Waals surface area contributed by atoms with Gasteiger partial charge < -0.3 is 14.0 Å². The summed E-state index contributed by atoms with van der Waals surface area (Å²) in [6, 6.07) is 10.8. The van der Waals surface area contributed by atoms with Gasteiger partial charge in [0, 0.05) is 30.7 Å². The molecular weight excluding hydrogens is 346 g/mol. The molecule has 1 aromatic carbocycles. The van der Waals surface area contributed by atoms with Crippen LogP contribution in [0.1, 0.15) is 20.7 Å². The number of hydrogen-bond acceptors (Lipinski definition) is 5. The van der Waals surface area contributed by atoms with Crippen LogP contribution in [0.3, 0.4) is 0 Å². The Morgan fingerprint density at radius 1 is 1.07 bits per heavy atom. The van der Waals surface area contributed by atoms with Crippen LogP contribution in [0.25, 0.3) is 16.4 Å².